The second-order valence-electron chi connectivity index (χ2n) is 13.2. The largest absolute Gasteiger partial charge is 0.313 e. The molecule has 2 aromatic heterocycles. The van der Waals surface area contributed by atoms with Gasteiger partial charge in [-0.05, 0) is 103 Å². The van der Waals surface area contributed by atoms with Crippen molar-refractivity contribution in [1.29, 1.82) is 15.8 Å². The number of nitriles is 3. The Labute approximate surface area is 304 Å². The smallest absolute Gasteiger partial charge is 0.0998 e. The molecule has 0 saturated carbocycles. The van der Waals surface area contributed by atoms with Crippen molar-refractivity contribution in [2.24, 2.45) is 0 Å². The van der Waals surface area contributed by atoms with Crippen LogP contribution >= 0.6 is 0 Å². The number of allylic oxidation sites excluding steroid dienone is 6. The summed E-state index contributed by atoms with van der Waals surface area (Å²) in [5.74, 6) is -0.0271. The molecule has 0 amide bonds. The first-order valence-electron chi connectivity index (χ1n) is 17.4. The number of para-hydroxylation sites is 2. The van der Waals surface area contributed by atoms with E-state index in [0.717, 1.165) is 84.4 Å². The Bertz CT molecular complexity index is 2600. The van der Waals surface area contributed by atoms with Gasteiger partial charge in [0.1, 0.15) is 0 Å². The van der Waals surface area contributed by atoms with Gasteiger partial charge in [-0.15, -0.1) is 0 Å². The van der Waals surface area contributed by atoms with E-state index in [0.29, 0.717) is 24.0 Å². The molecule has 2 heterocycles. The lowest BCUT2D eigenvalue weighted by Crippen LogP contribution is -2.08. The normalized spacial score (nSPS) is 13.3. The monoisotopic (exact) mass is 671 g/mol. The SMILES string of the molecule is C=C/C=C\c1c(C)c2c(n1-c1cc(C#N)cc(C(C)C/C(=C\C=C)c3c(C#N)cccc3-n3c4ccccc4c4ccccc43)c1)CCC(C#N)=C2. The number of rotatable bonds is 9. The first-order valence-corrected chi connectivity index (χ1v) is 17.4. The second kappa shape index (κ2) is 14.2. The van der Waals surface area contributed by atoms with Crippen LogP contribution in [0.2, 0.25) is 0 Å². The van der Waals surface area contributed by atoms with E-state index >= 15 is 0 Å². The summed E-state index contributed by atoms with van der Waals surface area (Å²) in [5.41, 5.74) is 13.0. The summed E-state index contributed by atoms with van der Waals surface area (Å²) in [6, 6.07) is 36.0. The Balaban J connectivity index is 1.37. The molecule has 0 bridgehead atoms. The standard InChI is InChI=1S/C47H37N5/c1-5-7-17-42-32(4)41-26-33(28-48)21-22-45(41)51(42)38-25-34(29-49)24-37(27-38)31(3)23-35(13-6-2)47-36(30-50)14-12-20-46(47)52-43-18-10-8-15-39(43)40-16-9-11-19-44(40)52/h5-20,24-27,31H,1-2,21-23H2,3-4H3/b17-7-,35-13+. The Hall–Kier alpha value is -6.87. The fourth-order valence-electron chi connectivity index (χ4n) is 7.76. The molecule has 5 nitrogen and oxygen atoms in total. The number of nitrogens with zero attached hydrogens (tertiary/aromatic N) is 5. The second-order valence-corrected chi connectivity index (χ2v) is 13.2. The van der Waals surface area contributed by atoms with Gasteiger partial charge in [-0.2, -0.15) is 15.8 Å². The van der Waals surface area contributed by atoms with Crippen molar-refractivity contribution in [1.82, 2.24) is 9.13 Å². The molecule has 1 aliphatic rings. The predicted octanol–water partition coefficient (Wildman–Crippen LogP) is 11.4. The number of hydrogen-bond donors (Lipinski definition) is 0. The summed E-state index contributed by atoms with van der Waals surface area (Å²) in [7, 11) is 0. The zero-order chi connectivity index (χ0) is 36.4. The zero-order valence-electron chi connectivity index (χ0n) is 29.4. The minimum Gasteiger partial charge on any atom is -0.313 e. The van der Waals surface area contributed by atoms with Gasteiger partial charge in [0.15, 0.2) is 0 Å². The number of benzene rings is 4. The number of fused-ring (bicyclic) bond motifs is 4. The molecule has 6 aromatic rings. The van der Waals surface area contributed by atoms with Crippen LogP contribution in [0.5, 0.6) is 0 Å². The van der Waals surface area contributed by atoms with E-state index in [4.69, 9.17) is 0 Å². The van der Waals surface area contributed by atoms with Crippen molar-refractivity contribution < 1.29 is 0 Å². The highest BCUT2D eigenvalue weighted by Gasteiger charge is 2.25. The maximum atomic E-state index is 10.5. The molecule has 0 N–H and O–H groups in total. The average molecular weight is 672 g/mol. The van der Waals surface area contributed by atoms with E-state index in [1.807, 2.05) is 48.6 Å². The fourth-order valence-corrected chi connectivity index (χ4v) is 7.76. The van der Waals surface area contributed by atoms with Gasteiger partial charge in [-0.1, -0.05) is 86.9 Å². The molecular formula is C47H37N5. The van der Waals surface area contributed by atoms with Crippen LogP contribution in [0.15, 0.2) is 128 Å². The lowest BCUT2D eigenvalue weighted by Gasteiger charge is -2.22. The Morgan fingerprint density at radius 3 is 2.21 bits per heavy atom. The van der Waals surface area contributed by atoms with Gasteiger partial charge in [0.25, 0.3) is 0 Å². The first-order chi connectivity index (χ1) is 25.4. The maximum Gasteiger partial charge on any atom is 0.0998 e. The summed E-state index contributed by atoms with van der Waals surface area (Å²) in [5, 5.41) is 32.8. The molecule has 52 heavy (non-hydrogen) atoms. The van der Waals surface area contributed by atoms with Gasteiger partial charge in [0.2, 0.25) is 0 Å². The van der Waals surface area contributed by atoms with Crippen LogP contribution in [0.1, 0.15) is 70.5 Å². The van der Waals surface area contributed by atoms with Gasteiger partial charge < -0.3 is 9.13 Å². The fraction of sp³-hybridized carbons (Fsp3) is 0.128. The summed E-state index contributed by atoms with van der Waals surface area (Å²) in [6.07, 6.45) is 13.5. The number of aromatic nitrogens is 2. The summed E-state index contributed by atoms with van der Waals surface area (Å²) in [4.78, 5) is 0. The van der Waals surface area contributed by atoms with Gasteiger partial charge in [-0.3, -0.25) is 0 Å². The Morgan fingerprint density at radius 2 is 1.56 bits per heavy atom. The molecule has 250 valence electrons. The first kappa shape index (κ1) is 33.6. The summed E-state index contributed by atoms with van der Waals surface area (Å²) >= 11 is 0. The minimum atomic E-state index is -0.0271. The van der Waals surface area contributed by atoms with Crippen molar-refractivity contribution in [3.8, 4) is 29.6 Å². The molecule has 1 unspecified atom stereocenters. The highest BCUT2D eigenvalue weighted by atomic mass is 15.0. The molecule has 5 heteroatoms. The molecule has 4 aromatic carbocycles. The highest BCUT2D eigenvalue weighted by molar-refractivity contribution is 6.09. The van der Waals surface area contributed by atoms with Gasteiger partial charge >= 0.3 is 0 Å². The van der Waals surface area contributed by atoms with Crippen LogP contribution in [-0.2, 0) is 6.42 Å². The van der Waals surface area contributed by atoms with E-state index in [1.165, 1.54) is 0 Å². The Kier molecular flexibility index (Phi) is 9.16. The Morgan fingerprint density at radius 1 is 0.827 bits per heavy atom. The van der Waals surface area contributed by atoms with E-state index in [9.17, 15) is 15.8 Å². The lowest BCUT2D eigenvalue weighted by molar-refractivity contribution is 0.786. The molecule has 7 rings (SSSR count). The molecular weight excluding hydrogens is 635 g/mol. The molecule has 0 aliphatic heterocycles. The van der Waals surface area contributed by atoms with E-state index in [2.05, 4.69) is 115 Å². The average Bonchev–Trinajstić information content (AvgIpc) is 3.67. The van der Waals surface area contributed by atoms with Crippen LogP contribution in [0, 0.1) is 40.9 Å². The third-order valence-corrected chi connectivity index (χ3v) is 10.1. The number of hydrogen-bond acceptors (Lipinski definition) is 3. The molecule has 1 atom stereocenters. The quantitative estimate of drug-likeness (QED) is 0.143. The lowest BCUT2D eigenvalue weighted by atomic mass is 9.86. The van der Waals surface area contributed by atoms with Gasteiger partial charge in [0, 0.05) is 44.5 Å². The van der Waals surface area contributed by atoms with Crippen molar-refractivity contribution in [3.63, 3.8) is 0 Å². The van der Waals surface area contributed by atoms with Crippen LogP contribution in [0.4, 0.5) is 0 Å². The topological polar surface area (TPSA) is 81.2 Å². The van der Waals surface area contributed by atoms with Crippen LogP contribution in [0.25, 0.3) is 50.9 Å². The van der Waals surface area contributed by atoms with Crippen molar-refractivity contribution >= 4 is 39.5 Å². The predicted molar refractivity (Wildman–Crippen MR) is 213 cm³/mol. The molecule has 0 radical (unpaired) electrons. The zero-order valence-corrected chi connectivity index (χ0v) is 29.4. The molecule has 0 spiro atoms. The van der Waals surface area contributed by atoms with Gasteiger partial charge in [0.05, 0.1) is 46.1 Å². The van der Waals surface area contributed by atoms with Crippen LogP contribution in [-0.4, -0.2) is 9.13 Å². The third kappa shape index (κ3) is 5.78. The van der Waals surface area contributed by atoms with Crippen molar-refractivity contribution in [2.75, 3.05) is 0 Å². The minimum absolute atomic E-state index is 0.0271. The van der Waals surface area contributed by atoms with Crippen molar-refractivity contribution in [2.45, 2.75) is 39.0 Å². The summed E-state index contributed by atoms with van der Waals surface area (Å²) < 4.78 is 4.50. The van der Waals surface area contributed by atoms with E-state index < -0.39 is 0 Å². The summed E-state index contributed by atoms with van der Waals surface area (Å²) in [6.45, 7) is 12.2. The van der Waals surface area contributed by atoms with Crippen molar-refractivity contribution in [3.05, 3.63) is 173 Å². The third-order valence-electron chi connectivity index (χ3n) is 10.1. The molecule has 0 saturated heterocycles. The van der Waals surface area contributed by atoms with E-state index in [1.54, 1.807) is 12.2 Å². The maximum absolute atomic E-state index is 10.5. The van der Waals surface area contributed by atoms with Crippen LogP contribution < -0.4 is 0 Å². The molecule has 0 fully saturated rings. The van der Waals surface area contributed by atoms with Gasteiger partial charge in [-0.25, -0.2) is 0 Å². The van der Waals surface area contributed by atoms with E-state index in [-0.39, 0.29) is 5.92 Å². The van der Waals surface area contributed by atoms with Crippen LogP contribution in [0.3, 0.4) is 0 Å². The molecule has 1 aliphatic carbocycles. The highest BCUT2D eigenvalue weighted by Crippen LogP contribution is 2.40.